The summed E-state index contributed by atoms with van der Waals surface area (Å²) >= 11 is 0. The first kappa shape index (κ1) is 49.2. The molecule has 0 amide bonds. The van der Waals surface area contributed by atoms with Crippen molar-refractivity contribution in [2.45, 2.75) is 153 Å². The zero-order chi connectivity index (χ0) is 53.7. The second-order valence-corrected chi connectivity index (χ2v) is 27.1. The SMILES string of the molecule is CC(C)(C)c1ccc(N2c3ccc(-c4cc(-c5ccccc5)c5ccc6c(-c7ccc8c(c7)C7(C)CCCCC7(C)N8c7ccc(C(C)(C)C)cc7)cc(-c7ccccc7)c7ccc4c5c76)cc3C3(C)CCCCC23C)cc1. The zero-order valence-corrected chi connectivity index (χ0v) is 47.9. The van der Waals surface area contributed by atoms with Gasteiger partial charge in [0, 0.05) is 33.6 Å². The lowest BCUT2D eigenvalue weighted by Crippen LogP contribution is -2.54. The van der Waals surface area contributed by atoms with Gasteiger partial charge >= 0.3 is 0 Å². The maximum absolute atomic E-state index is 2.74. The summed E-state index contributed by atoms with van der Waals surface area (Å²) in [5.41, 5.74) is 21.4. The smallest absolute Gasteiger partial charge is 0.0517 e. The summed E-state index contributed by atoms with van der Waals surface area (Å²) in [5.74, 6) is 0. The van der Waals surface area contributed by atoms with E-state index in [0.717, 1.165) is 0 Å². The molecule has 2 aliphatic carbocycles. The second-order valence-electron chi connectivity index (χ2n) is 27.1. The molecule has 0 bridgehead atoms. The van der Waals surface area contributed by atoms with Crippen LogP contribution in [0, 0.1) is 0 Å². The molecule has 0 N–H and O–H groups in total. The summed E-state index contributed by atoms with van der Waals surface area (Å²) in [4.78, 5) is 5.47. The molecule has 4 atom stereocenters. The predicted molar refractivity (Wildman–Crippen MR) is 335 cm³/mol. The van der Waals surface area contributed by atoms with Crippen LogP contribution in [-0.2, 0) is 21.7 Å². The van der Waals surface area contributed by atoms with Gasteiger partial charge in [-0.25, -0.2) is 0 Å². The highest BCUT2D eigenvalue weighted by Gasteiger charge is 2.59. The quantitative estimate of drug-likeness (QED) is 0.153. The molecule has 0 aromatic heterocycles. The Labute approximate surface area is 464 Å². The molecule has 2 fully saturated rings. The van der Waals surface area contributed by atoms with Crippen LogP contribution < -0.4 is 9.80 Å². The van der Waals surface area contributed by atoms with Crippen molar-refractivity contribution in [2.24, 2.45) is 0 Å². The van der Waals surface area contributed by atoms with E-state index in [-0.39, 0.29) is 32.7 Å². The molecule has 10 aromatic rings. The van der Waals surface area contributed by atoms with Crippen LogP contribution in [0.15, 0.2) is 182 Å². The Morgan fingerprint density at radius 1 is 0.333 bits per heavy atom. The van der Waals surface area contributed by atoms with E-state index in [9.17, 15) is 0 Å². The molecule has 2 aliphatic heterocycles. The Hall–Kier alpha value is -7.16. The number of hydrogen-bond donors (Lipinski definition) is 0. The number of benzene rings is 10. The van der Waals surface area contributed by atoms with E-state index in [1.54, 1.807) is 0 Å². The van der Waals surface area contributed by atoms with Crippen molar-refractivity contribution in [1.82, 2.24) is 0 Å². The first-order valence-corrected chi connectivity index (χ1v) is 29.4. The fourth-order valence-electron chi connectivity index (χ4n) is 16.0. The van der Waals surface area contributed by atoms with Gasteiger partial charge in [-0.3, -0.25) is 0 Å². The van der Waals surface area contributed by atoms with Crippen molar-refractivity contribution in [2.75, 3.05) is 9.80 Å². The molecule has 4 unspecified atom stereocenters. The summed E-state index contributed by atoms with van der Waals surface area (Å²) in [6.07, 6.45) is 9.71. The predicted octanol–water partition coefficient (Wildman–Crippen LogP) is 21.3. The van der Waals surface area contributed by atoms with Crippen LogP contribution in [0.5, 0.6) is 0 Å². The first-order chi connectivity index (χ1) is 37.4. The average molecular weight is 1020 g/mol. The maximum atomic E-state index is 2.74. The minimum atomic E-state index is -0.0435. The van der Waals surface area contributed by atoms with E-state index in [1.165, 1.54) is 173 Å². The molecule has 0 saturated heterocycles. The third kappa shape index (κ3) is 6.99. The van der Waals surface area contributed by atoms with Gasteiger partial charge in [0.2, 0.25) is 0 Å². The topological polar surface area (TPSA) is 6.48 Å². The second kappa shape index (κ2) is 17.2. The molecule has 390 valence electrons. The molecule has 2 saturated carbocycles. The van der Waals surface area contributed by atoms with Crippen molar-refractivity contribution in [3.8, 4) is 44.5 Å². The molecule has 4 aliphatic rings. The highest BCUT2D eigenvalue weighted by Crippen LogP contribution is 2.64. The molecule has 14 rings (SSSR count). The Morgan fingerprint density at radius 3 is 1.01 bits per heavy atom. The summed E-state index contributed by atoms with van der Waals surface area (Å²) in [7, 11) is 0. The van der Waals surface area contributed by atoms with Gasteiger partial charge in [-0.15, -0.1) is 0 Å². The lowest BCUT2D eigenvalue weighted by atomic mass is 9.61. The summed E-state index contributed by atoms with van der Waals surface area (Å²) in [6, 6.07) is 71.4. The standard InChI is InChI=1S/C76H76N2/c1-71(2,3)53-27-31-55(32-28-53)77-67-39-25-51(45-65(67)73(7)41-17-19-43-75(73,77)9)63-47-61(49-21-13-11-14-22-49)57-36-38-60-64(48-62(50-23-15-12-16-24-50)58-35-37-59(63)69(57)70(58)60)52-26-40-68-66(46-52)74(8)42-18-20-44-76(74,10)78(68)56-33-29-54(30-34-56)72(4,5)6/h11-16,21-40,45-48H,17-20,41-44H2,1-10H3. The van der Waals surface area contributed by atoms with Crippen molar-refractivity contribution in [1.29, 1.82) is 0 Å². The molecule has 0 spiro atoms. The fourth-order valence-corrected chi connectivity index (χ4v) is 16.0. The van der Waals surface area contributed by atoms with E-state index >= 15 is 0 Å². The zero-order valence-electron chi connectivity index (χ0n) is 47.9. The van der Waals surface area contributed by atoms with E-state index in [4.69, 9.17) is 0 Å². The lowest BCUT2D eigenvalue weighted by molar-refractivity contribution is 0.195. The van der Waals surface area contributed by atoms with Gasteiger partial charge in [0.05, 0.1) is 11.1 Å². The van der Waals surface area contributed by atoms with Crippen LogP contribution >= 0.6 is 0 Å². The van der Waals surface area contributed by atoms with Crippen molar-refractivity contribution in [3.05, 3.63) is 204 Å². The molecule has 2 heteroatoms. The maximum Gasteiger partial charge on any atom is 0.0517 e. The number of anilines is 4. The van der Waals surface area contributed by atoms with Crippen LogP contribution in [0.4, 0.5) is 22.7 Å². The molecule has 2 nitrogen and oxygen atoms in total. The number of hydrogen-bond acceptors (Lipinski definition) is 2. The number of fused-ring (bicyclic) bond motifs is 6. The van der Waals surface area contributed by atoms with E-state index in [0.29, 0.717) is 0 Å². The third-order valence-electron chi connectivity index (χ3n) is 20.9. The van der Waals surface area contributed by atoms with Gasteiger partial charge in [-0.2, -0.15) is 0 Å². The summed E-state index contributed by atoms with van der Waals surface area (Å²) in [5, 5.41) is 7.95. The van der Waals surface area contributed by atoms with Crippen LogP contribution in [-0.4, -0.2) is 11.1 Å². The number of rotatable bonds is 6. The Bertz CT molecular complexity index is 3720. The summed E-state index contributed by atoms with van der Waals surface area (Å²) in [6.45, 7) is 24.2. The van der Waals surface area contributed by atoms with Gasteiger partial charge in [0.25, 0.3) is 0 Å². The summed E-state index contributed by atoms with van der Waals surface area (Å²) < 4.78 is 0. The lowest BCUT2D eigenvalue weighted by Gasteiger charge is -2.50. The van der Waals surface area contributed by atoms with Crippen molar-refractivity contribution >= 4 is 55.1 Å². The van der Waals surface area contributed by atoms with E-state index in [2.05, 4.69) is 261 Å². The Kier molecular flexibility index (Phi) is 10.8. The van der Waals surface area contributed by atoms with Gasteiger partial charge in [0.1, 0.15) is 0 Å². The monoisotopic (exact) mass is 1020 g/mol. The fraction of sp³-hybridized carbons (Fsp3) is 0.316. The minimum Gasteiger partial charge on any atom is -0.334 e. The average Bonchev–Trinajstić information content (AvgIpc) is 4.03. The first-order valence-electron chi connectivity index (χ1n) is 29.4. The molecular weight excluding hydrogens is 941 g/mol. The number of nitrogens with zero attached hydrogens (tertiary/aromatic N) is 2. The molecule has 2 heterocycles. The third-order valence-corrected chi connectivity index (χ3v) is 20.9. The van der Waals surface area contributed by atoms with Gasteiger partial charge in [-0.05, 0) is 210 Å². The largest absolute Gasteiger partial charge is 0.334 e. The Morgan fingerprint density at radius 2 is 0.667 bits per heavy atom. The normalized spacial score (nSPS) is 23.0. The molecule has 0 radical (unpaired) electrons. The van der Waals surface area contributed by atoms with Gasteiger partial charge in [-0.1, -0.05) is 202 Å². The molecule has 10 aromatic carbocycles. The van der Waals surface area contributed by atoms with Gasteiger partial charge < -0.3 is 9.80 Å². The van der Waals surface area contributed by atoms with Gasteiger partial charge in [0.15, 0.2) is 0 Å². The van der Waals surface area contributed by atoms with Crippen molar-refractivity contribution < 1.29 is 0 Å². The van der Waals surface area contributed by atoms with Crippen LogP contribution in [0.1, 0.15) is 143 Å². The highest BCUT2D eigenvalue weighted by molar-refractivity contribution is 6.32. The minimum absolute atomic E-state index is 0.0132. The van der Waals surface area contributed by atoms with Crippen LogP contribution in [0.2, 0.25) is 0 Å². The van der Waals surface area contributed by atoms with Crippen LogP contribution in [0.25, 0.3) is 76.8 Å². The van der Waals surface area contributed by atoms with Crippen molar-refractivity contribution in [3.63, 3.8) is 0 Å². The Balaban J connectivity index is 1.00. The molecular formula is C76H76N2. The molecule has 78 heavy (non-hydrogen) atoms. The van der Waals surface area contributed by atoms with Crippen LogP contribution in [0.3, 0.4) is 0 Å². The van der Waals surface area contributed by atoms with E-state index < -0.39 is 0 Å². The highest BCUT2D eigenvalue weighted by atomic mass is 15.3. The van der Waals surface area contributed by atoms with E-state index in [1.807, 2.05) is 0 Å².